The largest absolute Gasteiger partial charge is 0.496 e. The fraction of sp³-hybridized carbons (Fsp3) is 0.600. The number of rotatable bonds is 5. The molecule has 0 amide bonds. The van der Waals surface area contributed by atoms with Crippen LogP contribution in [0, 0.1) is 11.8 Å². The lowest BCUT2D eigenvalue weighted by molar-refractivity contribution is 0.0640. The summed E-state index contributed by atoms with van der Waals surface area (Å²) in [6.07, 6.45) is 8.13. The molecule has 1 aliphatic carbocycles. The maximum Gasteiger partial charge on any atom is 0.122 e. The van der Waals surface area contributed by atoms with Crippen molar-refractivity contribution in [3.8, 4) is 16.9 Å². The van der Waals surface area contributed by atoms with Crippen molar-refractivity contribution in [2.75, 3.05) is 20.2 Å². The van der Waals surface area contributed by atoms with Crippen LogP contribution in [0.15, 0.2) is 35.0 Å². The number of methoxy groups -OCH3 is 1. The van der Waals surface area contributed by atoms with Crippen LogP contribution in [0.3, 0.4) is 0 Å². The molecule has 1 aliphatic heterocycles. The van der Waals surface area contributed by atoms with E-state index in [2.05, 4.69) is 53.8 Å². The zero-order chi connectivity index (χ0) is 19.5. The van der Waals surface area contributed by atoms with E-state index in [9.17, 15) is 0 Å². The Morgan fingerprint density at radius 3 is 2.57 bits per heavy atom. The molecule has 0 unspecified atom stereocenters. The first-order valence-electron chi connectivity index (χ1n) is 11.1. The third-order valence-corrected chi connectivity index (χ3v) is 8.05. The van der Waals surface area contributed by atoms with E-state index in [1.54, 1.807) is 11.3 Å². The van der Waals surface area contributed by atoms with Gasteiger partial charge in [0.25, 0.3) is 0 Å². The highest BCUT2D eigenvalue weighted by Crippen LogP contribution is 2.40. The van der Waals surface area contributed by atoms with E-state index < -0.39 is 0 Å². The Kier molecular flexibility index (Phi) is 6.42. The average molecular weight is 398 g/mol. The van der Waals surface area contributed by atoms with Crippen LogP contribution >= 0.6 is 11.3 Å². The van der Waals surface area contributed by atoms with Crippen molar-refractivity contribution >= 4 is 11.3 Å². The molecule has 0 N–H and O–H groups in total. The number of thiophene rings is 1. The highest BCUT2D eigenvalue weighted by Gasteiger charge is 2.34. The van der Waals surface area contributed by atoms with E-state index in [1.807, 2.05) is 7.11 Å². The van der Waals surface area contributed by atoms with Crippen LogP contribution in [-0.4, -0.2) is 31.1 Å². The van der Waals surface area contributed by atoms with Gasteiger partial charge < -0.3 is 9.64 Å². The van der Waals surface area contributed by atoms with Gasteiger partial charge in [0.15, 0.2) is 0 Å². The van der Waals surface area contributed by atoms with Gasteiger partial charge in [-0.2, -0.15) is 11.3 Å². The van der Waals surface area contributed by atoms with Gasteiger partial charge in [-0.25, -0.2) is 0 Å². The smallest absolute Gasteiger partial charge is 0.122 e. The zero-order valence-corrected chi connectivity index (χ0v) is 18.5. The number of benzene rings is 1. The second kappa shape index (κ2) is 9.00. The Morgan fingerprint density at radius 2 is 1.89 bits per heavy atom. The number of nitrogens with zero attached hydrogens (tertiary/aromatic N) is 1. The van der Waals surface area contributed by atoms with Gasteiger partial charge in [-0.15, -0.1) is 0 Å². The van der Waals surface area contributed by atoms with Gasteiger partial charge >= 0.3 is 0 Å². The molecule has 1 aromatic heterocycles. The Bertz CT molecular complexity index is 748. The Morgan fingerprint density at radius 1 is 1.07 bits per heavy atom. The predicted molar refractivity (Wildman–Crippen MR) is 120 cm³/mol. The number of hydrogen-bond donors (Lipinski definition) is 0. The van der Waals surface area contributed by atoms with Crippen LogP contribution in [0.1, 0.15) is 63.9 Å². The van der Waals surface area contributed by atoms with Crippen LogP contribution in [0.5, 0.6) is 5.75 Å². The van der Waals surface area contributed by atoms with Crippen molar-refractivity contribution in [3.63, 3.8) is 0 Å². The summed E-state index contributed by atoms with van der Waals surface area (Å²) < 4.78 is 5.75. The van der Waals surface area contributed by atoms with Crippen LogP contribution in [0.4, 0.5) is 0 Å². The first-order valence-corrected chi connectivity index (χ1v) is 12.1. The lowest BCUT2D eigenvalue weighted by Gasteiger charge is -2.44. The van der Waals surface area contributed by atoms with Gasteiger partial charge in [-0.3, -0.25) is 0 Å². The minimum Gasteiger partial charge on any atom is -0.496 e. The SMILES string of the molecule is CC[C@@H]1CC[C@@H](C)[C@@H](N2CCC(c3cc(-c4ccsc4)ccc3OC)CC2)C1. The molecule has 0 spiro atoms. The molecule has 4 rings (SSSR count). The van der Waals surface area contributed by atoms with Crippen molar-refractivity contribution in [2.24, 2.45) is 11.8 Å². The zero-order valence-electron chi connectivity index (χ0n) is 17.7. The minimum atomic E-state index is 0.616. The quantitative estimate of drug-likeness (QED) is 0.549. The summed E-state index contributed by atoms with van der Waals surface area (Å²) in [5.41, 5.74) is 4.06. The van der Waals surface area contributed by atoms with Crippen molar-refractivity contribution in [2.45, 2.75) is 64.3 Å². The number of hydrogen-bond acceptors (Lipinski definition) is 3. The molecule has 3 atom stereocenters. The lowest BCUT2D eigenvalue weighted by atomic mass is 9.76. The molecule has 0 bridgehead atoms. The molecule has 28 heavy (non-hydrogen) atoms. The summed E-state index contributed by atoms with van der Waals surface area (Å²) >= 11 is 1.77. The Balaban J connectivity index is 1.47. The summed E-state index contributed by atoms with van der Waals surface area (Å²) in [4.78, 5) is 2.82. The Hall–Kier alpha value is -1.32. The maximum atomic E-state index is 5.75. The van der Waals surface area contributed by atoms with Crippen LogP contribution in [-0.2, 0) is 0 Å². The normalized spacial score (nSPS) is 27.0. The van der Waals surface area contributed by atoms with E-state index in [0.717, 1.165) is 23.6 Å². The van der Waals surface area contributed by atoms with E-state index in [4.69, 9.17) is 4.74 Å². The molecule has 1 saturated carbocycles. The van der Waals surface area contributed by atoms with Gasteiger partial charge in [-0.05, 0) is 102 Å². The van der Waals surface area contributed by atoms with Gasteiger partial charge in [0.05, 0.1) is 7.11 Å². The van der Waals surface area contributed by atoms with E-state index in [-0.39, 0.29) is 0 Å². The first kappa shape index (κ1) is 20.0. The van der Waals surface area contributed by atoms with E-state index in [1.165, 1.54) is 68.3 Å². The van der Waals surface area contributed by atoms with E-state index >= 15 is 0 Å². The van der Waals surface area contributed by atoms with Crippen LogP contribution < -0.4 is 4.74 Å². The van der Waals surface area contributed by atoms with Gasteiger partial charge in [0, 0.05) is 6.04 Å². The molecule has 3 heteroatoms. The van der Waals surface area contributed by atoms with Crippen molar-refractivity contribution in [1.82, 2.24) is 4.90 Å². The summed E-state index contributed by atoms with van der Waals surface area (Å²) in [5.74, 6) is 3.48. The van der Waals surface area contributed by atoms with Crippen molar-refractivity contribution < 1.29 is 4.74 Å². The monoisotopic (exact) mass is 397 g/mol. The molecule has 1 saturated heterocycles. The molecule has 2 nitrogen and oxygen atoms in total. The summed E-state index contributed by atoms with van der Waals surface area (Å²) in [7, 11) is 1.81. The van der Waals surface area contributed by atoms with Crippen LogP contribution in [0.2, 0.25) is 0 Å². The maximum absolute atomic E-state index is 5.75. The number of likely N-dealkylation sites (tertiary alicyclic amines) is 1. The molecule has 1 aromatic carbocycles. The fourth-order valence-corrected chi connectivity index (χ4v) is 6.13. The van der Waals surface area contributed by atoms with E-state index in [0.29, 0.717) is 5.92 Å². The number of piperidine rings is 1. The molecule has 152 valence electrons. The van der Waals surface area contributed by atoms with Crippen molar-refractivity contribution in [3.05, 3.63) is 40.6 Å². The third kappa shape index (κ3) is 4.16. The average Bonchev–Trinajstić information content (AvgIpc) is 3.29. The summed E-state index contributed by atoms with van der Waals surface area (Å²) in [6.45, 7) is 7.33. The molecular weight excluding hydrogens is 362 g/mol. The van der Waals surface area contributed by atoms with Crippen LogP contribution in [0.25, 0.3) is 11.1 Å². The first-order chi connectivity index (χ1) is 13.7. The van der Waals surface area contributed by atoms with Crippen molar-refractivity contribution in [1.29, 1.82) is 0 Å². The Labute approximate surface area is 174 Å². The number of ether oxygens (including phenoxy) is 1. The second-order valence-corrected chi connectivity index (χ2v) is 9.69. The topological polar surface area (TPSA) is 12.5 Å². The molecule has 0 radical (unpaired) electrons. The highest BCUT2D eigenvalue weighted by molar-refractivity contribution is 7.08. The lowest BCUT2D eigenvalue weighted by Crippen LogP contribution is -2.47. The summed E-state index contributed by atoms with van der Waals surface area (Å²) in [5, 5.41) is 4.40. The standard InChI is InChI=1S/C25H35NOS/c1-4-19-6-5-18(2)24(15-19)26-12-9-20(10-13-26)23-16-21(7-8-25(23)27-3)22-11-14-28-17-22/h7-8,11,14,16-20,24H,4-6,9-10,12-13,15H2,1-3H3/t18-,19-,24+/m1/s1. The van der Waals surface area contributed by atoms with Gasteiger partial charge in [-0.1, -0.05) is 32.8 Å². The predicted octanol–water partition coefficient (Wildman–Crippen LogP) is 6.82. The molecule has 2 heterocycles. The molecular formula is C25H35NOS. The second-order valence-electron chi connectivity index (χ2n) is 8.91. The summed E-state index contributed by atoms with van der Waals surface area (Å²) in [6, 6.07) is 9.78. The molecule has 2 aliphatic rings. The minimum absolute atomic E-state index is 0.616. The fourth-order valence-electron chi connectivity index (χ4n) is 5.47. The molecule has 2 fully saturated rings. The molecule has 2 aromatic rings. The van der Waals surface area contributed by atoms with Gasteiger partial charge in [0.1, 0.15) is 5.75 Å². The highest BCUT2D eigenvalue weighted by atomic mass is 32.1. The third-order valence-electron chi connectivity index (χ3n) is 7.36. The van der Waals surface area contributed by atoms with Gasteiger partial charge in [0.2, 0.25) is 0 Å².